The van der Waals surface area contributed by atoms with Crippen molar-refractivity contribution in [2.45, 2.75) is 58.3 Å². The average Bonchev–Trinajstić information content (AvgIpc) is 2.48. The van der Waals surface area contributed by atoms with Gasteiger partial charge in [0.2, 0.25) is 5.91 Å². The number of amides is 1. The van der Waals surface area contributed by atoms with E-state index >= 15 is 0 Å². The summed E-state index contributed by atoms with van der Waals surface area (Å²) >= 11 is 0. The monoisotopic (exact) mass is 298 g/mol. The minimum Gasteiger partial charge on any atom is -0.396 e. The molecule has 0 aliphatic carbocycles. The summed E-state index contributed by atoms with van der Waals surface area (Å²) in [7, 11) is 2.11. The van der Waals surface area contributed by atoms with Crippen molar-refractivity contribution in [2.75, 3.05) is 33.3 Å². The maximum atomic E-state index is 11.4. The van der Waals surface area contributed by atoms with Crippen LogP contribution in [-0.2, 0) is 4.79 Å². The summed E-state index contributed by atoms with van der Waals surface area (Å²) in [5.41, 5.74) is 0. The Morgan fingerprint density at radius 2 is 1.67 bits per heavy atom. The Morgan fingerprint density at radius 1 is 1.05 bits per heavy atom. The van der Waals surface area contributed by atoms with Crippen molar-refractivity contribution >= 4 is 5.91 Å². The Balaban J connectivity index is 3.32. The number of allylic oxidation sites excluding steroid dienone is 1. The highest BCUT2D eigenvalue weighted by atomic mass is 16.2. The van der Waals surface area contributed by atoms with Crippen molar-refractivity contribution in [3.8, 4) is 0 Å². The van der Waals surface area contributed by atoms with Crippen molar-refractivity contribution in [1.29, 1.82) is 0 Å². The zero-order valence-corrected chi connectivity index (χ0v) is 13.9. The van der Waals surface area contributed by atoms with Gasteiger partial charge in [-0.3, -0.25) is 4.79 Å². The van der Waals surface area contributed by atoms with E-state index in [2.05, 4.69) is 17.3 Å². The minimum atomic E-state index is 0.00753. The first-order valence-corrected chi connectivity index (χ1v) is 8.44. The van der Waals surface area contributed by atoms with Gasteiger partial charge in [-0.1, -0.05) is 45.1 Å². The second-order valence-corrected chi connectivity index (χ2v) is 5.60. The molecule has 0 radical (unpaired) electrons. The Bertz CT molecular complexity index is 268. The molecular weight excluding hydrogens is 264 g/mol. The first-order valence-electron chi connectivity index (χ1n) is 8.44. The van der Waals surface area contributed by atoms with E-state index in [-0.39, 0.29) is 5.91 Å². The normalized spacial score (nSPS) is 11.4. The van der Waals surface area contributed by atoms with E-state index in [1.807, 2.05) is 13.0 Å². The highest BCUT2D eigenvalue weighted by Crippen LogP contribution is 2.07. The van der Waals surface area contributed by atoms with Crippen molar-refractivity contribution in [1.82, 2.24) is 10.2 Å². The predicted molar refractivity (Wildman–Crippen MR) is 89.3 cm³/mol. The molecule has 0 aromatic heterocycles. The third-order valence-electron chi connectivity index (χ3n) is 3.50. The van der Waals surface area contributed by atoms with E-state index in [1.54, 1.807) is 6.08 Å². The van der Waals surface area contributed by atoms with Crippen LogP contribution in [0.1, 0.15) is 58.3 Å². The first kappa shape index (κ1) is 20.1. The van der Waals surface area contributed by atoms with Crippen molar-refractivity contribution in [3.63, 3.8) is 0 Å². The molecule has 0 aromatic rings. The summed E-state index contributed by atoms with van der Waals surface area (Å²) in [5, 5.41) is 11.6. The number of nitrogens with one attached hydrogen (secondary N) is 1. The maximum absolute atomic E-state index is 11.4. The number of likely N-dealkylation sites (N-methyl/N-ethyl adjacent to an activating group) is 1. The zero-order chi connectivity index (χ0) is 15.8. The molecule has 0 saturated carbocycles. The standard InChI is InChI=1S/C17H34N2O2/c1-3-4-12-17(21)18-13-15-19(2)14-10-8-6-5-7-9-11-16-20/h4,12,20H,3,5-11,13-16H2,1-2H3,(H,18,21)/b12-4+. The number of hydrogen-bond donors (Lipinski definition) is 2. The van der Waals surface area contributed by atoms with Gasteiger partial charge < -0.3 is 15.3 Å². The van der Waals surface area contributed by atoms with Gasteiger partial charge in [-0.05, 0) is 38.9 Å². The molecule has 0 aliphatic heterocycles. The Morgan fingerprint density at radius 3 is 2.29 bits per heavy atom. The lowest BCUT2D eigenvalue weighted by atomic mass is 10.1. The van der Waals surface area contributed by atoms with Crippen LogP contribution < -0.4 is 5.32 Å². The van der Waals surface area contributed by atoms with Crippen LogP contribution in [0.15, 0.2) is 12.2 Å². The lowest BCUT2D eigenvalue weighted by molar-refractivity contribution is -0.116. The fourth-order valence-corrected chi connectivity index (χ4v) is 2.14. The average molecular weight is 298 g/mol. The molecule has 1 amide bonds. The van der Waals surface area contributed by atoms with E-state index in [4.69, 9.17) is 5.11 Å². The molecule has 4 heteroatoms. The van der Waals surface area contributed by atoms with Crippen LogP contribution in [0.3, 0.4) is 0 Å². The van der Waals surface area contributed by atoms with E-state index in [0.717, 1.165) is 32.4 Å². The van der Waals surface area contributed by atoms with Crippen LogP contribution >= 0.6 is 0 Å². The number of nitrogens with zero attached hydrogens (tertiary/aromatic N) is 1. The van der Waals surface area contributed by atoms with E-state index in [1.165, 1.54) is 32.1 Å². The van der Waals surface area contributed by atoms with Gasteiger partial charge in [0.05, 0.1) is 0 Å². The number of unbranched alkanes of at least 4 members (excludes halogenated alkanes) is 6. The molecule has 0 heterocycles. The molecule has 2 N–H and O–H groups in total. The molecule has 0 aliphatic rings. The van der Waals surface area contributed by atoms with Gasteiger partial charge in [-0.25, -0.2) is 0 Å². The summed E-state index contributed by atoms with van der Waals surface area (Å²) in [4.78, 5) is 13.6. The Labute approximate surface area is 130 Å². The summed E-state index contributed by atoms with van der Waals surface area (Å²) in [5.74, 6) is 0.00753. The number of aliphatic hydroxyl groups excluding tert-OH is 1. The molecule has 0 unspecified atom stereocenters. The third kappa shape index (κ3) is 15.3. The number of hydrogen-bond acceptors (Lipinski definition) is 3. The van der Waals surface area contributed by atoms with Crippen LogP contribution in [0.5, 0.6) is 0 Å². The zero-order valence-electron chi connectivity index (χ0n) is 13.9. The van der Waals surface area contributed by atoms with Gasteiger partial charge in [0.15, 0.2) is 0 Å². The predicted octanol–water partition coefficient (Wildman–Crippen LogP) is 2.72. The van der Waals surface area contributed by atoms with Gasteiger partial charge >= 0.3 is 0 Å². The van der Waals surface area contributed by atoms with Crippen LogP contribution in [0.25, 0.3) is 0 Å². The summed E-state index contributed by atoms with van der Waals surface area (Å²) < 4.78 is 0. The number of carbonyl (C=O) groups excluding carboxylic acids is 1. The van der Waals surface area contributed by atoms with Crippen LogP contribution in [-0.4, -0.2) is 49.2 Å². The van der Waals surface area contributed by atoms with Crippen LogP contribution in [0.4, 0.5) is 0 Å². The summed E-state index contributed by atoms with van der Waals surface area (Å²) in [6.45, 7) is 5.06. The molecule has 0 spiro atoms. The maximum Gasteiger partial charge on any atom is 0.243 e. The Kier molecular flexibility index (Phi) is 14.9. The molecule has 0 saturated heterocycles. The topological polar surface area (TPSA) is 52.6 Å². The number of aliphatic hydroxyl groups is 1. The quantitative estimate of drug-likeness (QED) is 0.383. The van der Waals surface area contributed by atoms with Crippen LogP contribution in [0, 0.1) is 0 Å². The van der Waals surface area contributed by atoms with Gasteiger partial charge in [0, 0.05) is 19.7 Å². The molecule has 21 heavy (non-hydrogen) atoms. The molecule has 0 aromatic carbocycles. The molecule has 124 valence electrons. The largest absolute Gasteiger partial charge is 0.396 e. The molecule has 0 fully saturated rings. The van der Waals surface area contributed by atoms with E-state index in [0.29, 0.717) is 13.2 Å². The van der Waals surface area contributed by atoms with Crippen molar-refractivity contribution < 1.29 is 9.90 Å². The van der Waals surface area contributed by atoms with Crippen molar-refractivity contribution in [2.24, 2.45) is 0 Å². The lowest BCUT2D eigenvalue weighted by Gasteiger charge is -2.16. The van der Waals surface area contributed by atoms with Gasteiger partial charge in [0.25, 0.3) is 0 Å². The highest BCUT2D eigenvalue weighted by molar-refractivity contribution is 5.87. The minimum absolute atomic E-state index is 0.00753. The van der Waals surface area contributed by atoms with E-state index in [9.17, 15) is 4.79 Å². The fourth-order valence-electron chi connectivity index (χ4n) is 2.14. The lowest BCUT2D eigenvalue weighted by Crippen LogP contribution is -2.32. The number of carbonyl (C=O) groups is 1. The van der Waals surface area contributed by atoms with Crippen LogP contribution in [0.2, 0.25) is 0 Å². The number of rotatable bonds is 14. The van der Waals surface area contributed by atoms with Gasteiger partial charge in [-0.15, -0.1) is 0 Å². The third-order valence-corrected chi connectivity index (χ3v) is 3.50. The Hall–Kier alpha value is -0.870. The smallest absolute Gasteiger partial charge is 0.243 e. The molecule has 4 nitrogen and oxygen atoms in total. The second-order valence-electron chi connectivity index (χ2n) is 5.60. The van der Waals surface area contributed by atoms with E-state index < -0.39 is 0 Å². The van der Waals surface area contributed by atoms with Gasteiger partial charge in [-0.2, -0.15) is 0 Å². The van der Waals surface area contributed by atoms with Crippen molar-refractivity contribution in [3.05, 3.63) is 12.2 Å². The molecular formula is C17H34N2O2. The fraction of sp³-hybridized carbons (Fsp3) is 0.824. The first-order chi connectivity index (χ1) is 10.2. The highest BCUT2D eigenvalue weighted by Gasteiger charge is 1.99. The summed E-state index contributed by atoms with van der Waals surface area (Å²) in [6, 6.07) is 0. The summed E-state index contributed by atoms with van der Waals surface area (Å²) in [6.07, 6.45) is 12.8. The SMILES string of the molecule is CC/C=C/C(=O)NCCN(C)CCCCCCCCCO. The van der Waals surface area contributed by atoms with Gasteiger partial charge in [0.1, 0.15) is 0 Å². The second kappa shape index (κ2) is 15.5. The molecule has 0 bridgehead atoms. The molecule has 0 rings (SSSR count). The molecule has 0 atom stereocenters.